The van der Waals surface area contributed by atoms with Crippen LogP contribution in [0, 0.1) is 0 Å². The molecule has 0 aliphatic carbocycles. The lowest BCUT2D eigenvalue weighted by atomic mass is 10.2. The van der Waals surface area contributed by atoms with Gasteiger partial charge < -0.3 is 15.0 Å². The molecule has 18 heavy (non-hydrogen) atoms. The molecule has 1 aliphatic rings. The van der Waals surface area contributed by atoms with Crippen LogP contribution < -0.4 is 10.1 Å². The first-order valence-electron chi connectivity index (χ1n) is 6.85. The van der Waals surface area contributed by atoms with Gasteiger partial charge in [0.25, 0.3) is 0 Å². The molecule has 0 aromatic carbocycles. The number of nitrogens with zero attached hydrogens (tertiary/aromatic N) is 2. The van der Waals surface area contributed by atoms with Gasteiger partial charge in [-0.25, -0.2) is 4.98 Å². The number of likely N-dealkylation sites (tertiary alicyclic amines) is 1. The monoisotopic (exact) mass is 249 g/mol. The highest BCUT2D eigenvalue weighted by Crippen LogP contribution is 2.13. The number of methoxy groups -OCH3 is 1. The number of nitrogens with one attached hydrogen (secondary N) is 1. The zero-order chi connectivity index (χ0) is 12.6. The minimum Gasteiger partial charge on any atom is -0.481 e. The van der Waals surface area contributed by atoms with Crippen LogP contribution in [-0.2, 0) is 0 Å². The molecule has 1 aliphatic heterocycles. The first-order valence-corrected chi connectivity index (χ1v) is 6.85. The highest BCUT2D eigenvalue weighted by atomic mass is 16.5. The second kappa shape index (κ2) is 7.21. The molecule has 0 spiro atoms. The van der Waals surface area contributed by atoms with E-state index in [-0.39, 0.29) is 0 Å². The normalized spacial score (nSPS) is 17.2. The lowest BCUT2D eigenvalue weighted by Gasteiger charge is -2.20. The molecule has 0 radical (unpaired) electrons. The maximum absolute atomic E-state index is 5.11. The molecule has 100 valence electrons. The predicted octanol–water partition coefficient (Wildman–Crippen LogP) is 2.38. The smallest absolute Gasteiger partial charge is 0.214 e. The zero-order valence-electron chi connectivity index (χ0n) is 11.2. The first kappa shape index (κ1) is 13.1. The van der Waals surface area contributed by atoms with E-state index in [4.69, 9.17) is 4.74 Å². The quantitative estimate of drug-likeness (QED) is 0.869. The Bertz CT molecular complexity index is 349. The van der Waals surface area contributed by atoms with Crippen molar-refractivity contribution in [3.8, 4) is 5.88 Å². The van der Waals surface area contributed by atoms with Crippen molar-refractivity contribution in [3.05, 3.63) is 18.3 Å². The van der Waals surface area contributed by atoms with Crippen LogP contribution in [0.3, 0.4) is 0 Å². The number of hydrogen-bond acceptors (Lipinski definition) is 4. The van der Waals surface area contributed by atoms with Crippen molar-refractivity contribution in [2.75, 3.05) is 38.6 Å². The van der Waals surface area contributed by atoms with Crippen LogP contribution >= 0.6 is 0 Å². The van der Waals surface area contributed by atoms with Gasteiger partial charge in [-0.3, -0.25) is 0 Å². The molecule has 1 saturated heterocycles. The average molecular weight is 249 g/mol. The molecule has 1 aromatic heterocycles. The molecule has 2 rings (SSSR count). The summed E-state index contributed by atoms with van der Waals surface area (Å²) in [5.41, 5.74) is 1.08. The predicted molar refractivity (Wildman–Crippen MR) is 74.2 cm³/mol. The first-order chi connectivity index (χ1) is 8.88. The number of pyridine rings is 1. The van der Waals surface area contributed by atoms with Crippen molar-refractivity contribution in [1.29, 1.82) is 0 Å². The Morgan fingerprint density at radius 1 is 1.28 bits per heavy atom. The van der Waals surface area contributed by atoms with Crippen LogP contribution in [0.25, 0.3) is 0 Å². The van der Waals surface area contributed by atoms with Crippen LogP contribution in [0.1, 0.15) is 25.7 Å². The van der Waals surface area contributed by atoms with Crippen LogP contribution in [0.5, 0.6) is 5.88 Å². The number of rotatable bonds is 5. The largest absolute Gasteiger partial charge is 0.481 e. The van der Waals surface area contributed by atoms with Gasteiger partial charge >= 0.3 is 0 Å². The second-order valence-corrected chi connectivity index (χ2v) is 4.77. The van der Waals surface area contributed by atoms with Gasteiger partial charge in [0.15, 0.2) is 0 Å². The van der Waals surface area contributed by atoms with Crippen LogP contribution in [0.2, 0.25) is 0 Å². The van der Waals surface area contributed by atoms with Crippen molar-refractivity contribution in [1.82, 2.24) is 9.88 Å². The fourth-order valence-electron chi connectivity index (χ4n) is 2.35. The summed E-state index contributed by atoms with van der Waals surface area (Å²) >= 11 is 0. The van der Waals surface area contributed by atoms with Gasteiger partial charge in [0.2, 0.25) is 5.88 Å². The highest BCUT2D eigenvalue weighted by molar-refractivity contribution is 5.44. The van der Waals surface area contributed by atoms with Crippen molar-refractivity contribution in [2.45, 2.75) is 25.7 Å². The van der Waals surface area contributed by atoms with Crippen LogP contribution in [0.15, 0.2) is 18.3 Å². The molecule has 0 bridgehead atoms. The number of ether oxygens (including phenoxy) is 1. The maximum atomic E-state index is 5.11. The van der Waals surface area contributed by atoms with Crippen molar-refractivity contribution in [3.63, 3.8) is 0 Å². The van der Waals surface area contributed by atoms with E-state index in [0.29, 0.717) is 5.88 Å². The van der Waals surface area contributed by atoms with Gasteiger partial charge in [-0.2, -0.15) is 0 Å². The molecular weight excluding hydrogens is 226 g/mol. The van der Waals surface area contributed by atoms with Gasteiger partial charge in [0.1, 0.15) is 0 Å². The molecule has 4 heteroatoms. The summed E-state index contributed by atoms with van der Waals surface area (Å²) in [4.78, 5) is 6.65. The minimum absolute atomic E-state index is 0.662. The third-order valence-electron chi connectivity index (χ3n) is 3.40. The molecule has 0 saturated carbocycles. The Morgan fingerprint density at radius 3 is 2.78 bits per heavy atom. The van der Waals surface area contributed by atoms with Crippen LogP contribution in [-0.4, -0.2) is 43.2 Å². The number of aromatic nitrogens is 1. The fourth-order valence-corrected chi connectivity index (χ4v) is 2.35. The average Bonchev–Trinajstić information content (AvgIpc) is 2.68. The summed E-state index contributed by atoms with van der Waals surface area (Å²) in [7, 11) is 1.64. The van der Waals surface area contributed by atoms with Crippen molar-refractivity contribution < 1.29 is 4.74 Å². The maximum Gasteiger partial charge on any atom is 0.214 e. The molecule has 2 heterocycles. The third kappa shape index (κ3) is 4.18. The van der Waals surface area contributed by atoms with E-state index in [1.807, 2.05) is 12.1 Å². The lowest BCUT2D eigenvalue weighted by Crippen LogP contribution is -2.29. The number of anilines is 1. The summed E-state index contributed by atoms with van der Waals surface area (Å²) < 4.78 is 5.11. The lowest BCUT2D eigenvalue weighted by molar-refractivity contribution is 0.296. The van der Waals surface area contributed by atoms with E-state index >= 15 is 0 Å². The molecular formula is C14H23N3O. The Labute approximate surface area is 109 Å². The van der Waals surface area contributed by atoms with E-state index < -0.39 is 0 Å². The Hall–Kier alpha value is -1.29. The van der Waals surface area contributed by atoms with E-state index in [2.05, 4.69) is 15.2 Å². The van der Waals surface area contributed by atoms with Gasteiger partial charge in [-0.05, 0) is 32.0 Å². The highest BCUT2D eigenvalue weighted by Gasteiger charge is 2.07. The standard InChI is InChI=1S/C14H23N3O/c1-18-14-12-13(6-7-16-14)15-8-11-17-9-4-2-3-5-10-17/h6-7,12H,2-5,8-11H2,1H3,(H,15,16). The summed E-state index contributed by atoms with van der Waals surface area (Å²) in [5.74, 6) is 0.662. The van der Waals surface area contributed by atoms with E-state index in [0.717, 1.165) is 18.8 Å². The fraction of sp³-hybridized carbons (Fsp3) is 0.643. The Balaban J connectivity index is 1.73. The van der Waals surface area contributed by atoms with Gasteiger partial charge in [-0.15, -0.1) is 0 Å². The van der Waals surface area contributed by atoms with Gasteiger partial charge in [0, 0.05) is 31.0 Å². The summed E-state index contributed by atoms with van der Waals surface area (Å²) in [6.45, 7) is 4.60. The van der Waals surface area contributed by atoms with Gasteiger partial charge in [0.05, 0.1) is 7.11 Å². The topological polar surface area (TPSA) is 37.4 Å². The second-order valence-electron chi connectivity index (χ2n) is 4.77. The van der Waals surface area contributed by atoms with E-state index in [1.165, 1.54) is 38.8 Å². The van der Waals surface area contributed by atoms with Crippen molar-refractivity contribution in [2.24, 2.45) is 0 Å². The van der Waals surface area contributed by atoms with Crippen LogP contribution in [0.4, 0.5) is 5.69 Å². The Kier molecular flexibility index (Phi) is 5.27. The molecule has 1 fully saturated rings. The molecule has 0 unspecified atom stereocenters. The summed E-state index contributed by atoms with van der Waals surface area (Å²) in [6, 6.07) is 3.91. The SMILES string of the molecule is COc1cc(NCCN2CCCCCC2)ccn1. The molecule has 1 aromatic rings. The van der Waals surface area contributed by atoms with E-state index in [1.54, 1.807) is 13.3 Å². The third-order valence-corrected chi connectivity index (χ3v) is 3.40. The summed E-state index contributed by atoms with van der Waals surface area (Å²) in [6.07, 6.45) is 7.26. The van der Waals surface area contributed by atoms with Gasteiger partial charge in [-0.1, -0.05) is 12.8 Å². The minimum atomic E-state index is 0.662. The van der Waals surface area contributed by atoms with Crippen molar-refractivity contribution >= 4 is 5.69 Å². The zero-order valence-corrected chi connectivity index (χ0v) is 11.2. The molecule has 0 atom stereocenters. The molecule has 4 nitrogen and oxygen atoms in total. The molecule has 1 N–H and O–H groups in total. The summed E-state index contributed by atoms with van der Waals surface area (Å²) in [5, 5.41) is 3.43. The van der Waals surface area contributed by atoms with E-state index in [9.17, 15) is 0 Å². The molecule has 0 amide bonds. The number of hydrogen-bond donors (Lipinski definition) is 1. The Morgan fingerprint density at radius 2 is 2.06 bits per heavy atom.